The van der Waals surface area contributed by atoms with Gasteiger partial charge in [0.1, 0.15) is 70.3 Å². The van der Waals surface area contributed by atoms with Crippen LogP contribution in [-0.2, 0) is 0 Å². The molecule has 0 aromatic heterocycles. The molecule has 0 atom stereocenters. The first-order valence-electron chi connectivity index (χ1n) is 25.2. The SMILES string of the molecule is O=C(O)c1cc(C(O)=Nc2ccc(N(C(=O)O)C(=O)O)c(OCCOc3cc(N=C(O)c4ccc(-c5c6cc(Cl)c(=O)cc-6oc6cc(O)c(Cl)cc56)c(C(=O)O)c4)ccc3N(C(=O)O)C(=O)O)c2)ccc1-c1c2cc(Cl)c(=O)cc-2oc2cc(O)c(Cl)cc12. The van der Waals surface area contributed by atoms with Crippen LogP contribution in [0.4, 0.5) is 41.9 Å². The van der Waals surface area contributed by atoms with E-state index >= 15 is 0 Å². The summed E-state index contributed by atoms with van der Waals surface area (Å²) < 4.78 is 23.3. The highest BCUT2D eigenvalue weighted by Crippen LogP contribution is 2.47. The minimum absolute atomic E-state index is 0.00869. The highest BCUT2D eigenvalue weighted by molar-refractivity contribution is 6.34. The molecule has 2 aliphatic heterocycles. The first kappa shape index (κ1) is 61.5. The molecule has 6 aromatic carbocycles. The van der Waals surface area contributed by atoms with E-state index in [-0.39, 0.29) is 119 Å². The number of nitrogens with zero attached hydrogens (tertiary/aromatic N) is 4. The van der Waals surface area contributed by atoms with Crippen LogP contribution >= 0.6 is 46.4 Å². The number of amides is 4. The van der Waals surface area contributed by atoms with E-state index in [2.05, 4.69) is 9.98 Å². The Labute approximate surface area is 519 Å². The van der Waals surface area contributed by atoms with E-state index in [4.69, 9.17) is 64.7 Å². The molecule has 0 saturated heterocycles. The number of hydrogen-bond donors (Lipinski definition) is 10. The molecule has 26 nitrogen and oxygen atoms in total. The Balaban J connectivity index is 0.965. The average molecular weight is 1300 g/mol. The number of phenolic OH excluding ortho intramolecular Hbond substituents is 2. The molecule has 4 aliphatic rings. The summed E-state index contributed by atoms with van der Waals surface area (Å²) in [6.07, 6.45) is -8.05. The molecule has 2 aliphatic carbocycles. The highest BCUT2D eigenvalue weighted by Gasteiger charge is 2.31. The number of aromatic carboxylic acids is 2. The molecule has 10 N–H and O–H groups in total. The lowest BCUT2D eigenvalue weighted by atomic mass is 9.90. The Kier molecular flexibility index (Phi) is 16.6. The predicted octanol–water partition coefficient (Wildman–Crippen LogP) is 13.9. The number of halogens is 4. The number of aliphatic imine (C=N–C) groups is 2. The van der Waals surface area contributed by atoms with Gasteiger partial charge in [-0.05, 0) is 83.9 Å². The Hall–Kier alpha value is -11.6. The molecule has 0 spiro atoms. The van der Waals surface area contributed by atoms with Crippen molar-refractivity contribution in [1.29, 1.82) is 0 Å². The van der Waals surface area contributed by atoms with Gasteiger partial charge in [0.2, 0.25) is 22.7 Å². The lowest BCUT2D eigenvalue weighted by Gasteiger charge is -2.20. The number of hydrogen-bond acceptors (Lipinski definition) is 16. The number of carbonyl (C=O) groups is 6. The van der Waals surface area contributed by atoms with E-state index in [1.54, 1.807) is 0 Å². The standard InChI is InChI=1S/C60H34Cl4N4O22/c61-35-15-31-45(19-41(35)69)89-46-20-42(70)36(62)16-32(46)51(31)27-5-1-23(11-29(27)55(75)76)53(73)65-25-3-7-39(67(57(79)80)58(81)82)49(13-25)87-9-10-88-50-14-26(4-8-40(50)68(59(83)84)60(85)86)66-54(74)24-2-6-28(30(12-24)56(77)78)52-33-17-37(63)43(71)21-47(33)90-48-22-44(72)38(64)18-34(48)52/h1-8,11-22,69,71H,9-10H2,(H,65,73)(H,66,74)(H,75,76)(H,77,78)(H,79,80)(H,81,82)(H,83,84)(H,85,86). The topological polar surface area (TPSA) is 415 Å². The van der Waals surface area contributed by atoms with Crippen LogP contribution in [0.25, 0.3) is 66.8 Å². The summed E-state index contributed by atoms with van der Waals surface area (Å²) in [5, 5.41) is 104. The molecule has 0 unspecified atom stereocenters. The highest BCUT2D eigenvalue weighted by atomic mass is 35.5. The van der Waals surface area contributed by atoms with Gasteiger partial charge in [0.25, 0.3) is 0 Å². The van der Waals surface area contributed by atoms with Gasteiger partial charge in [-0.25, -0.2) is 38.8 Å². The third-order valence-electron chi connectivity index (χ3n) is 13.4. The zero-order chi connectivity index (χ0) is 64.9. The number of carboxylic acids is 2. The van der Waals surface area contributed by atoms with Crippen molar-refractivity contribution in [3.05, 3.63) is 184 Å². The third-order valence-corrected chi connectivity index (χ3v) is 14.6. The maximum Gasteiger partial charge on any atom is 0.421 e. The summed E-state index contributed by atoms with van der Waals surface area (Å²) in [5.41, 5.74) is -3.84. The van der Waals surface area contributed by atoms with Gasteiger partial charge in [-0.1, -0.05) is 58.5 Å². The number of fused-ring (bicyclic) bond motifs is 4. The molecular formula is C60H34Cl4N4O22. The normalized spacial score (nSPS) is 11.7. The molecule has 0 bridgehead atoms. The fraction of sp³-hybridized carbons (Fsp3) is 0.0333. The Morgan fingerprint density at radius 1 is 0.433 bits per heavy atom. The van der Waals surface area contributed by atoms with Crippen LogP contribution in [0.1, 0.15) is 31.8 Å². The number of aromatic hydroxyl groups is 2. The first-order chi connectivity index (χ1) is 42.7. The van der Waals surface area contributed by atoms with Crippen LogP contribution in [0.3, 0.4) is 0 Å². The second kappa shape index (κ2) is 24.3. The number of carboxylic acid groups (broad SMARTS) is 6. The van der Waals surface area contributed by atoms with Gasteiger partial charge in [0.05, 0.1) is 42.6 Å². The van der Waals surface area contributed by atoms with E-state index in [0.717, 1.165) is 72.8 Å². The Bertz CT molecular complexity index is 4560. The van der Waals surface area contributed by atoms with Crippen LogP contribution < -0.4 is 30.1 Å². The molecule has 0 radical (unpaired) electrons. The van der Waals surface area contributed by atoms with Crippen molar-refractivity contribution in [3.63, 3.8) is 0 Å². The van der Waals surface area contributed by atoms with Crippen LogP contribution in [-0.4, -0.2) is 112 Å². The largest absolute Gasteiger partial charge is 0.506 e. The maximum absolute atomic E-state index is 13.0. The van der Waals surface area contributed by atoms with Crippen LogP contribution in [0.5, 0.6) is 23.0 Å². The summed E-state index contributed by atoms with van der Waals surface area (Å²) in [6, 6.07) is 22.6. The molecule has 0 saturated carbocycles. The average Bonchev–Trinajstić information content (AvgIpc) is 0.751. The summed E-state index contributed by atoms with van der Waals surface area (Å²) in [5.74, 6) is -6.75. The van der Waals surface area contributed by atoms with Crippen molar-refractivity contribution in [2.45, 2.75) is 0 Å². The van der Waals surface area contributed by atoms with Crippen molar-refractivity contribution in [2.24, 2.45) is 9.98 Å². The van der Waals surface area contributed by atoms with Crippen LogP contribution in [0.2, 0.25) is 20.1 Å². The third kappa shape index (κ3) is 11.9. The van der Waals surface area contributed by atoms with E-state index in [1.807, 2.05) is 0 Å². The second-order valence-corrected chi connectivity index (χ2v) is 20.5. The minimum Gasteiger partial charge on any atom is -0.506 e. The van der Waals surface area contributed by atoms with Gasteiger partial charge >= 0.3 is 36.3 Å². The van der Waals surface area contributed by atoms with Gasteiger partial charge in [-0.2, -0.15) is 9.80 Å². The van der Waals surface area contributed by atoms with E-state index in [0.29, 0.717) is 0 Å². The molecule has 10 rings (SSSR count). The van der Waals surface area contributed by atoms with Gasteiger partial charge in [0, 0.05) is 80.6 Å². The molecule has 454 valence electrons. The monoisotopic (exact) mass is 1300 g/mol. The van der Waals surface area contributed by atoms with Gasteiger partial charge < -0.3 is 69.4 Å². The second-order valence-electron chi connectivity index (χ2n) is 18.9. The smallest absolute Gasteiger partial charge is 0.421 e. The van der Waals surface area contributed by atoms with Crippen molar-refractivity contribution in [2.75, 3.05) is 23.0 Å². The molecule has 90 heavy (non-hydrogen) atoms. The van der Waals surface area contributed by atoms with E-state index in [9.17, 15) is 89.4 Å². The lowest BCUT2D eigenvalue weighted by molar-refractivity contribution is 0.0687. The number of aliphatic hydroxyl groups excluding tert-OH is 2. The molecule has 6 aromatic rings. The molecule has 30 heteroatoms. The van der Waals surface area contributed by atoms with Crippen molar-refractivity contribution >= 4 is 139 Å². The fourth-order valence-electron chi connectivity index (χ4n) is 9.54. The zero-order valence-corrected chi connectivity index (χ0v) is 47.7. The fourth-order valence-corrected chi connectivity index (χ4v) is 10.2. The molecule has 2 heterocycles. The molecule has 4 amide bonds. The summed E-state index contributed by atoms with van der Waals surface area (Å²) in [6.45, 7) is -1.38. The zero-order valence-electron chi connectivity index (χ0n) is 44.6. The number of rotatable bonds is 15. The number of aliphatic hydroxyl groups is 2. The molecule has 0 fully saturated rings. The van der Waals surface area contributed by atoms with Crippen molar-refractivity contribution < 1.29 is 98.1 Å². The number of anilines is 2. The predicted molar refractivity (Wildman–Crippen MR) is 325 cm³/mol. The van der Waals surface area contributed by atoms with E-state index < -0.39 is 118 Å². The summed E-state index contributed by atoms with van der Waals surface area (Å²) >= 11 is 25.0. The van der Waals surface area contributed by atoms with Gasteiger partial charge in [-0.15, -0.1) is 0 Å². The number of imide groups is 2. The summed E-state index contributed by atoms with van der Waals surface area (Å²) in [7, 11) is 0. The van der Waals surface area contributed by atoms with Crippen molar-refractivity contribution in [1.82, 2.24) is 0 Å². The molecular weight excluding hydrogens is 1270 g/mol. The number of benzene rings is 8. The Morgan fingerprint density at radius 2 is 0.800 bits per heavy atom. The maximum atomic E-state index is 13.0. The lowest BCUT2D eigenvalue weighted by Crippen LogP contribution is -2.35. The number of phenols is 2. The van der Waals surface area contributed by atoms with Gasteiger partial charge in [0.15, 0.2) is 0 Å². The van der Waals surface area contributed by atoms with Crippen LogP contribution in [0, 0.1) is 0 Å². The van der Waals surface area contributed by atoms with Crippen LogP contribution in [0.15, 0.2) is 150 Å². The Morgan fingerprint density at radius 3 is 1.14 bits per heavy atom. The quantitative estimate of drug-likeness (QED) is 0.0197. The van der Waals surface area contributed by atoms with Crippen molar-refractivity contribution in [3.8, 4) is 67.9 Å². The number of ether oxygens (including phenoxy) is 2. The van der Waals surface area contributed by atoms with E-state index in [1.165, 1.54) is 48.5 Å². The summed E-state index contributed by atoms with van der Waals surface area (Å²) in [4.78, 5) is 108. The van der Waals surface area contributed by atoms with Gasteiger partial charge in [-0.3, -0.25) is 9.59 Å². The first-order valence-corrected chi connectivity index (χ1v) is 26.7. The minimum atomic E-state index is -2.01.